The molecule has 4 aliphatic rings. The smallest absolute Gasteiger partial charge is 0.421 e. The van der Waals surface area contributed by atoms with Gasteiger partial charge < -0.3 is 20.5 Å². The molecule has 0 radical (unpaired) electrons. The molecule has 9 nitrogen and oxygen atoms in total. The summed E-state index contributed by atoms with van der Waals surface area (Å²) in [5.74, 6) is -2.28. The van der Waals surface area contributed by atoms with E-state index in [0.717, 1.165) is 19.0 Å². The van der Waals surface area contributed by atoms with Crippen molar-refractivity contribution in [3.63, 3.8) is 0 Å². The van der Waals surface area contributed by atoms with Crippen LogP contribution in [0.1, 0.15) is 37.7 Å². The number of rotatable bonds is 5. The van der Waals surface area contributed by atoms with E-state index in [4.69, 9.17) is 10.5 Å². The van der Waals surface area contributed by atoms with Crippen LogP contribution < -0.4 is 15.4 Å². The first-order chi connectivity index (χ1) is 21.3. The van der Waals surface area contributed by atoms with Crippen LogP contribution in [0.15, 0.2) is 24.3 Å². The number of nitrogens with two attached hydrogens (primary N) is 1. The second-order valence-corrected chi connectivity index (χ2v) is 12.4. The molecule has 2 aromatic carbocycles. The normalized spacial score (nSPS) is 26.6. The minimum Gasteiger partial charge on any atom is -0.465 e. The average Bonchev–Trinajstić information content (AvgIpc) is 3.57. The van der Waals surface area contributed by atoms with Crippen molar-refractivity contribution in [3.05, 3.63) is 41.5 Å². The van der Waals surface area contributed by atoms with Crippen molar-refractivity contribution >= 4 is 28.5 Å². The topological polar surface area (TPSA) is 108 Å². The van der Waals surface area contributed by atoms with Crippen LogP contribution in [0.5, 0.6) is 6.01 Å². The van der Waals surface area contributed by atoms with E-state index in [-0.39, 0.29) is 53.2 Å². The first-order valence-electron chi connectivity index (χ1n) is 14.8. The quantitative estimate of drug-likeness (QED) is 0.281. The maximum Gasteiger partial charge on any atom is 0.421 e. The summed E-state index contributed by atoms with van der Waals surface area (Å²) in [4.78, 5) is 26.2. The van der Waals surface area contributed by atoms with Crippen LogP contribution in [-0.4, -0.2) is 87.5 Å². The molecular weight excluding hydrogens is 606 g/mol. The lowest BCUT2D eigenvalue weighted by atomic mass is 9.95. The number of nitrogens with zero attached hydrogens (tertiary/aromatic N) is 5. The summed E-state index contributed by atoms with van der Waals surface area (Å²) in [6, 6.07) is 3.44. The summed E-state index contributed by atoms with van der Waals surface area (Å²) in [5.41, 5.74) is 1.83. The Balaban J connectivity index is 1.31. The fraction of sp³-hybridized carbons (Fsp3) is 0.500. The summed E-state index contributed by atoms with van der Waals surface area (Å²) in [6.45, 7) is 1.68. The molecule has 45 heavy (non-hydrogen) atoms. The number of fused-ring (bicyclic) bond motifs is 4. The number of carbonyl (C=O) groups is 1. The van der Waals surface area contributed by atoms with Gasteiger partial charge in [0, 0.05) is 42.7 Å². The number of benzene rings is 2. The van der Waals surface area contributed by atoms with E-state index in [2.05, 4.69) is 9.97 Å². The van der Waals surface area contributed by atoms with Gasteiger partial charge in [-0.25, -0.2) is 18.0 Å². The number of aromatic nitrogens is 2. The van der Waals surface area contributed by atoms with E-state index in [1.165, 1.54) is 17.0 Å². The average molecular weight is 637 g/mol. The van der Waals surface area contributed by atoms with Crippen LogP contribution in [0, 0.1) is 11.6 Å². The highest BCUT2D eigenvalue weighted by molar-refractivity contribution is 5.94. The Bertz CT molecular complexity index is 1650. The molecule has 7 rings (SSSR count). The fourth-order valence-electron chi connectivity index (χ4n) is 7.77. The zero-order valence-electron chi connectivity index (χ0n) is 24.0. The molecule has 0 saturated carbocycles. The second-order valence-electron chi connectivity index (χ2n) is 12.4. The van der Waals surface area contributed by atoms with Crippen LogP contribution in [0.4, 0.5) is 42.6 Å². The van der Waals surface area contributed by atoms with Crippen molar-refractivity contribution in [2.45, 2.75) is 62.1 Å². The van der Waals surface area contributed by atoms with Gasteiger partial charge in [-0.3, -0.25) is 9.80 Å². The summed E-state index contributed by atoms with van der Waals surface area (Å²) in [7, 11) is 0. The van der Waals surface area contributed by atoms with Gasteiger partial charge in [-0.2, -0.15) is 23.1 Å². The molecule has 1 aromatic heterocycles. The molecule has 3 N–H and O–H groups in total. The molecular formula is C30H30F6N6O3. The number of hydrogen-bond acceptors (Lipinski definition) is 7. The Labute approximate surface area is 253 Å². The van der Waals surface area contributed by atoms with Gasteiger partial charge in [-0.15, -0.1) is 0 Å². The maximum absolute atomic E-state index is 16.3. The third-order valence-electron chi connectivity index (χ3n) is 9.71. The Morgan fingerprint density at radius 1 is 1.11 bits per heavy atom. The molecule has 4 aliphatic heterocycles. The summed E-state index contributed by atoms with van der Waals surface area (Å²) in [6.07, 6.45) is -3.87. The number of alkyl halides is 4. The van der Waals surface area contributed by atoms with E-state index in [1.54, 1.807) is 0 Å². The molecule has 15 heteroatoms. The van der Waals surface area contributed by atoms with Gasteiger partial charge in [0.1, 0.15) is 35.5 Å². The monoisotopic (exact) mass is 636 g/mol. The number of hydrogen-bond donors (Lipinski definition) is 2. The molecule has 4 fully saturated rings. The molecule has 0 aliphatic carbocycles. The summed E-state index contributed by atoms with van der Waals surface area (Å²) < 4.78 is 91.3. The molecule has 2 bridgehead atoms. The fourth-order valence-corrected chi connectivity index (χ4v) is 7.77. The van der Waals surface area contributed by atoms with Crippen LogP contribution in [0.25, 0.3) is 22.0 Å². The number of amides is 1. The van der Waals surface area contributed by atoms with E-state index < -0.39 is 46.9 Å². The van der Waals surface area contributed by atoms with Crippen molar-refractivity contribution in [2.75, 3.05) is 43.4 Å². The molecule has 0 unspecified atom stereocenters. The zero-order valence-corrected chi connectivity index (χ0v) is 24.0. The third-order valence-corrected chi connectivity index (χ3v) is 9.71. The summed E-state index contributed by atoms with van der Waals surface area (Å²) >= 11 is 0. The number of halogens is 6. The van der Waals surface area contributed by atoms with Crippen LogP contribution in [-0.2, 0) is 6.18 Å². The molecule has 5 heterocycles. The lowest BCUT2D eigenvalue weighted by Crippen LogP contribution is -2.55. The predicted molar refractivity (Wildman–Crippen MR) is 152 cm³/mol. The highest BCUT2D eigenvalue weighted by Crippen LogP contribution is 2.43. The van der Waals surface area contributed by atoms with Gasteiger partial charge in [0.25, 0.3) is 0 Å². The standard InChI is InChI=1S/C30H30F6N6O3/c31-16-10-29(6-1-7-41(29)11-16)14-45-27-38-25-20(26(39-27)40-12-17-2-3-18(13-40)42(17)28(43)44)5-4-19(24(25)33)15-8-21(32)23(22(37)9-15)30(34,35)36/h4-5,8-9,16-18H,1-3,6-7,10-14,37H2,(H,43,44)/t16-,17-,18+,29+/m1/s1. The minimum atomic E-state index is -5.04. The number of ether oxygens (including phenoxy) is 1. The predicted octanol–water partition coefficient (Wildman–Crippen LogP) is 5.46. The maximum atomic E-state index is 16.3. The van der Waals surface area contributed by atoms with Crippen LogP contribution in [0.3, 0.4) is 0 Å². The van der Waals surface area contributed by atoms with Gasteiger partial charge in [-0.05, 0) is 56.0 Å². The van der Waals surface area contributed by atoms with E-state index >= 15 is 4.39 Å². The van der Waals surface area contributed by atoms with Crippen molar-refractivity contribution in [2.24, 2.45) is 0 Å². The summed E-state index contributed by atoms with van der Waals surface area (Å²) in [5, 5.41) is 9.98. The first kappa shape index (κ1) is 29.7. The number of piperazine rings is 1. The van der Waals surface area contributed by atoms with Gasteiger partial charge in [0.2, 0.25) is 0 Å². The molecule has 4 saturated heterocycles. The van der Waals surface area contributed by atoms with E-state index in [0.29, 0.717) is 50.8 Å². The van der Waals surface area contributed by atoms with E-state index in [1.807, 2.05) is 9.80 Å². The van der Waals surface area contributed by atoms with Crippen LogP contribution in [0.2, 0.25) is 0 Å². The SMILES string of the molecule is Nc1cc(-c2ccc3c(N4C[C@H]5CC[C@@H](C4)N5C(=O)O)nc(OC[C@@]45CCCN4C[C@H](F)C5)nc3c2F)cc(F)c1C(F)(F)F. The van der Waals surface area contributed by atoms with Gasteiger partial charge >= 0.3 is 18.3 Å². The Morgan fingerprint density at radius 3 is 2.51 bits per heavy atom. The lowest BCUT2D eigenvalue weighted by Gasteiger charge is -2.40. The number of carboxylic acid groups (broad SMARTS) is 1. The number of nitrogen functional groups attached to an aromatic ring is 1. The second kappa shape index (κ2) is 10.5. The van der Waals surface area contributed by atoms with Gasteiger partial charge in [0.15, 0.2) is 5.82 Å². The first-order valence-corrected chi connectivity index (χ1v) is 14.8. The molecule has 4 atom stereocenters. The molecule has 0 spiro atoms. The van der Waals surface area contributed by atoms with Gasteiger partial charge in [-0.1, -0.05) is 6.07 Å². The van der Waals surface area contributed by atoms with Crippen molar-refractivity contribution in [1.82, 2.24) is 19.8 Å². The largest absolute Gasteiger partial charge is 0.465 e. The highest BCUT2D eigenvalue weighted by atomic mass is 19.4. The Kier molecular flexibility index (Phi) is 6.95. The Hall–Kier alpha value is -4.01. The Morgan fingerprint density at radius 2 is 1.84 bits per heavy atom. The molecule has 3 aromatic rings. The van der Waals surface area contributed by atoms with Crippen molar-refractivity contribution < 1.29 is 41.0 Å². The highest BCUT2D eigenvalue weighted by Gasteiger charge is 2.49. The van der Waals surface area contributed by atoms with Crippen molar-refractivity contribution in [1.29, 1.82) is 0 Å². The molecule has 1 amide bonds. The number of anilines is 2. The minimum absolute atomic E-state index is 0.0678. The van der Waals surface area contributed by atoms with Crippen molar-refractivity contribution in [3.8, 4) is 17.1 Å². The lowest BCUT2D eigenvalue weighted by molar-refractivity contribution is -0.139. The zero-order chi connectivity index (χ0) is 31.8. The van der Waals surface area contributed by atoms with Gasteiger partial charge in [0.05, 0.1) is 17.6 Å². The van der Waals surface area contributed by atoms with E-state index in [9.17, 15) is 31.9 Å². The van der Waals surface area contributed by atoms with Crippen LogP contribution >= 0.6 is 0 Å². The molecule has 240 valence electrons. The third kappa shape index (κ3) is 4.95.